The van der Waals surface area contributed by atoms with Crippen LogP contribution < -0.4 is 54.5 Å². The lowest BCUT2D eigenvalue weighted by atomic mass is 9.89. The number of hydrogen-bond donors (Lipinski definition) is 2. The molecule has 0 unspecified atom stereocenters. The molecule has 0 radical (unpaired) electrons. The van der Waals surface area contributed by atoms with Crippen molar-refractivity contribution < 1.29 is 53.5 Å². The number of halogens is 2. The van der Waals surface area contributed by atoms with Crippen molar-refractivity contribution >= 4 is 91.4 Å². The molecule has 4 aromatic carbocycles. The second-order valence-electron chi connectivity index (χ2n) is 16.8. The number of aliphatic imine (C=N–C) groups is 2. The minimum Gasteiger partial charge on any atom is -1.00 e. The maximum Gasteiger partial charge on any atom is 0.336 e. The first-order valence-corrected chi connectivity index (χ1v) is 25.3. The van der Waals surface area contributed by atoms with Crippen molar-refractivity contribution in [2.45, 2.75) is 55.4 Å². The molecule has 384 valence electrons. The van der Waals surface area contributed by atoms with Gasteiger partial charge in [0, 0.05) is 100 Å². The highest BCUT2D eigenvalue weighted by atomic mass is 35.5. The fraction of sp³-hybridized carbons (Fsp3) is 0.276. The van der Waals surface area contributed by atoms with E-state index in [1.165, 1.54) is 0 Å². The third kappa shape index (κ3) is 11.8. The van der Waals surface area contributed by atoms with Gasteiger partial charge in [0.2, 0.25) is 10.7 Å². The number of benzene rings is 6. The lowest BCUT2D eigenvalue weighted by Crippen LogP contribution is -3.00. The Bertz CT molecular complexity index is 3500. The maximum atomic E-state index is 12.3. The quantitative estimate of drug-likeness (QED) is 0.0472. The van der Waals surface area contributed by atoms with Crippen molar-refractivity contribution in [1.82, 2.24) is 9.15 Å². The first kappa shape index (κ1) is 57.9. The van der Waals surface area contributed by atoms with Crippen molar-refractivity contribution in [3.63, 3.8) is 0 Å². The molecular weight excluding hydrogens is 1010 g/mol. The van der Waals surface area contributed by atoms with Gasteiger partial charge in [-0.3, -0.25) is 0 Å². The number of aromatic carboxylic acids is 2. The molecule has 0 fully saturated rings. The Balaban J connectivity index is 0.000000267. The lowest BCUT2D eigenvalue weighted by Gasteiger charge is -2.23. The van der Waals surface area contributed by atoms with Gasteiger partial charge in [-0.25, -0.2) is 18.7 Å². The Morgan fingerprint density at radius 2 is 1.00 bits per heavy atom. The molecule has 4 aromatic rings. The van der Waals surface area contributed by atoms with Crippen LogP contribution in [0.25, 0.3) is 66.8 Å². The fourth-order valence-corrected chi connectivity index (χ4v) is 9.81. The van der Waals surface area contributed by atoms with Gasteiger partial charge in [-0.15, -0.1) is 0 Å². The zero-order valence-electron chi connectivity index (χ0n) is 42.8. The minimum absolute atomic E-state index is 0. The molecule has 0 saturated carbocycles. The van der Waals surface area contributed by atoms with Crippen LogP contribution >= 0.6 is 24.4 Å². The average molecular weight is 1070 g/mol. The molecule has 0 amide bonds. The molecule has 16 heteroatoms. The second-order valence-corrected chi connectivity index (χ2v) is 17.2. The monoisotopic (exact) mass is 1070 g/mol. The average Bonchev–Trinajstić information content (AvgIpc) is 3.39. The molecule has 12 nitrogen and oxygen atoms in total. The summed E-state index contributed by atoms with van der Waals surface area (Å²) in [6, 6.07) is 34.4. The van der Waals surface area contributed by atoms with Gasteiger partial charge >= 0.3 is 11.9 Å². The number of hydrogen-bond acceptors (Lipinski definition) is 10. The summed E-state index contributed by atoms with van der Waals surface area (Å²) in [5.74, 6) is -0.674. The standard InChI is InChI=1S/2C29H29N3O3S.2ClH/c1-5-31(6-2)20-10-13-23-26(16-20)35-27-17-21(32(7-3)8-4)11-14-24(27)28(23)25-15-19(30-18-36)9-12-22(25)29(33)34;1-5-31(6-2)19-12-14-21-25(16-19)35-26-17-20(32(7-3)8-4)13-15-22(26)27(21)28-23(29(33)34)10-9-11-24(28)30-18-36;;/h2*9-17H,5-8H2,1-4H3;2*1H. The highest BCUT2D eigenvalue weighted by Crippen LogP contribution is 2.46. The van der Waals surface area contributed by atoms with Crippen LogP contribution in [0.2, 0.25) is 0 Å². The lowest BCUT2D eigenvalue weighted by molar-refractivity contribution is -0.00100. The van der Waals surface area contributed by atoms with Gasteiger partial charge in [0.05, 0.1) is 45.0 Å². The molecular formula is C58H60Cl2N6O6S2. The van der Waals surface area contributed by atoms with E-state index in [0.717, 1.165) is 107 Å². The van der Waals surface area contributed by atoms with Crippen LogP contribution in [0.3, 0.4) is 0 Å². The van der Waals surface area contributed by atoms with Crippen LogP contribution in [0.15, 0.2) is 128 Å². The van der Waals surface area contributed by atoms with Crippen LogP contribution in [-0.2, 0) is 0 Å². The summed E-state index contributed by atoms with van der Waals surface area (Å²) < 4.78 is 17.5. The summed E-state index contributed by atoms with van der Waals surface area (Å²) in [5.41, 5.74) is 9.06. The highest BCUT2D eigenvalue weighted by molar-refractivity contribution is 7.78. The van der Waals surface area contributed by atoms with Crippen LogP contribution in [0.5, 0.6) is 0 Å². The van der Waals surface area contributed by atoms with Gasteiger partial charge in [0.1, 0.15) is 48.9 Å². The van der Waals surface area contributed by atoms with Crippen molar-refractivity contribution in [2.24, 2.45) is 9.98 Å². The van der Waals surface area contributed by atoms with E-state index in [0.29, 0.717) is 45.2 Å². The molecule has 8 rings (SSSR count). The molecule has 0 saturated heterocycles. The van der Waals surface area contributed by atoms with Gasteiger partial charge in [-0.1, -0.05) is 6.07 Å². The first-order chi connectivity index (χ1) is 34.9. The van der Waals surface area contributed by atoms with Crippen molar-refractivity contribution in [1.29, 1.82) is 0 Å². The summed E-state index contributed by atoms with van der Waals surface area (Å²) in [6.07, 6.45) is 0. The molecule has 2 aliphatic carbocycles. The van der Waals surface area contributed by atoms with E-state index < -0.39 is 11.9 Å². The molecule has 4 aliphatic rings. The number of rotatable bonds is 16. The Morgan fingerprint density at radius 3 is 1.45 bits per heavy atom. The molecule has 0 spiro atoms. The number of carboxylic acid groups (broad SMARTS) is 2. The predicted molar refractivity (Wildman–Crippen MR) is 300 cm³/mol. The molecule has 2 N–H and O–H groups in total. The summed E-state index contributed by atoms with van der Waals surface area (Å²) >= 11 is 9.69. The van der Waals surface area contributed by atoms with Crippen LogP contribution in [0, 0.1) is 0 Å². The second kappa shape index (κ2) is 26.3. The smallest absolute Gasteiger partial charge is 0.336 e. The van der Waals surface area contributed by atoms with E-state index in [1.54, 1.807) is 36.4 Å². The molecule has 0 aromatic heterocycles. The van der Waals surface area contributed by atoms with E-state index in [9.17, 15) is 19.8 Å². The molecule has 2 heterocycles. The first-order valence-electron chi connectivity index (χ1n) is 24.5. The zero-order valence-corrected chi connectivity index (χ0v) is 46.0. The Labute approximate surface area is 454 Å². The summed E-state index contributed by atoms with van der Waals surface area (Å²) in [4.78, 5) is 37.5. The maximum absolute atomic E-state index is 12.3. The van der Waals surface area contributed by atoms with Gasteiger partial charge < -0.3 is 53.7 Å². The fourth-order valence-electron chi connectivity index (χ4n) is 9.61. The third-order valence-electron chi connectivity index (χ3n) is 13.3. The van der Waals surface area contributed by atoms with E-state index in [-0.39, 0.29) is 35.9 Å². The number of fused-ring (bicyclic) bond motifs is 4. The van der Waals surface area contributed by atoms with E-state index in [4.69, 9.17) is 33.3 Å². The molecule has 2 aliphatic heterocycles. The van der Waals surface area contributed by atoms with Gasteiger partial charge in [-0.2, -0.15) is 9.98 Å². The SMILES string of the molecule is CCN(CC)c1ccc2c(-c3c(N=C=S)cccc3C(=O)O)c3ccc(=[N+](CC)CC)cc-3oc2c1.CCN(CC)c1ccc2c(-c3cc(N=C=S)ccc3C(=O)O)c3ccc(=[N+](CC)CC)cc-3oc2c1.[Cl-].[Cl-]. The number of isothiocyanates is 2. The minimum atomic E-state index is -1.03. The topological polar surface area (TPSA) is 138 Å². The number of carbonyl (C=O) groups is 2. The van der Waals surface area contributed by atoms with Crippen LogP contribution in [0.4, 0.5) is 22.7 Å². The highest BCUT2D eigenvalue weighted by Gasteiger charge is 2.26. The normalized spacial score (nSPS) is 10.6. The van der Waals surface area contributed by atoms with Crippen molar-refractivity contribution in [3.05, 3.63) is 131 Å². The predicted octanol–water partition coefficient (Wildman–Crippen LogP) is 6.60. The van der Waals surface area contributed by atoms with Gasteiger partial charge in [0.15, 0.2) is 0 Å². The van der Waals surface area contributed by atoms with E-state index in [2.05, 4.69) is 119 Å². The largest absolute Gasteiger partial charge is 1.00 e. The van der Waals surface area contributed by atoms with Crippen LogP contribution in [-0.4, -0.2) is 84.8 Å². The Hall–Kier alpha value is -7.02. The molecule has 0 bridgehead atoms. The van der Waals surface area contributed by atoms with E-state index in [1.807, 2.05) is 48.5 Å². The summed E-state index contributed by atoms with van der Waals surface area (Å²) in [5, 5.41) is 28.7. The Kier molecular flexibility index (Phi) is 20.5. The molecule has 0 atom stereocenters. The van der Waals surface area contributed by atoms with Gasteiger partial charge in [-0.05, 0) is 152 Å². The van der Waals surface area contributed by atoms with E-state index >= 15 is 0 Å². The number of thiocarbonyl (C=S) groups is 2. The molecule has 74 heavy (non-hydrogen) atoms. The van der Waals surface area contributed by atoms with Crippen molar-refractivity contribution in [3.8, 4) is 44.9 Å². The number of nitrogens with zero attached hydrogens (tertiary/aromatic N) is 6. The van der Waals surface area contributed by atoms with Crippen molar-refractivity contribution in [2.75, 3.05) is 62.2 Å². The number of carboxylic acids is 2. The van der Waals surface area contributed by atoms with Crippen LogP contribution in [0.1, 0.15) is 76.1 Å². The summed E-state index contributed by atoms with van der Waals surface area (Å²) in [6.45, 7) is 23.9. The Morgan fingerprint density at radius 1 is 0.527 bits per heavy atom. The number of anilines is 2. The zero-order chi connectivity index (χ0) is 51.6. The summed E-state index contributed by atoms with van der Waals surface area (Å²) in [7, 11) is 0. The van der Waals surface area contributed by atoms with Gasteiger partial charge in [0.25, 0.3) is 0 Å². The third-order valence-corrected chi connectivity index (χ3v) is 13.4.